The van der Waals surface area contributed by atoms with Gasteiger partial charge in [-0.1, -0.05) is 24.3 Å². The van der Waals surface area contributed by atoms with Crippen LogP contribution < -0.4 is 5.32 Å². The van der Waals surface area contributed by atoms with Gasteiger partial charge in [0.1, 0.15) is 11.6 Å². The zero-order chi connectivity index (χ0) is 14.7. The number of hydrogen-bond donors (Lipinski definition) is 1. The summed E-state index contributed by atoms with van der Waals surface area (Å²) in [5.74, 6) is -1.67. The summed E-state index contributed by atoms with van der Waals surface area (Å²) in [5.41, 5.74) is 2.01. The van der Waals surface area contributed by atoms with Crippen LogP contribution in [0.25, 0.3) is 0 Å². The fourth-order valence-corrected chi connectivity index (χ4v) is 2.13. The van der Waals surface area contributed by atoms with Crippen molar-refractivity contribution in [1.29, 1.82) is 0 Å². The van der Waals surface area contributed by atoms with E-state index in [-0.39, 0.29) is 21.6 Å². The van der Waals surface area contributed by atoms with Gasteiger partial charge in [0.05, 0.1) is 9.99 Å². The number of hydrogen-bond acceptors (Lipinski definition) is 1. The number of rotatable bonds is 3. The Balaban J connectivity index is 2.11. The maximum atomic E-state index is 13.4. The molecule has 2 aromatic rings. The lowest BCUT2D eigenvalue weighted by Gasteiger charge is -2.08. The molecule has 0 heterocycles. The van der Waals surface area contributed by atoms with Crippen molar-refractivity contribution in [2.75, 3.05) is 5.32 Å². The summed E-state index contributed by atoms with van der Waals surface area (Å²) in [5, 5.41) is 2.50. The zero-order valence-electron chi connectivity index (χ0n) is 10.7. The van der Waals surface area contributed by atoms with Gasteiger partial charge in [-0.2, -0.15) is 0 Å². The largest absolute Gasteiger partial charge is 0.326 e. The van der Waals surface area contributed by atoms with Crippen LogP contribution in [0.3, 0.4) is 0 Å². The summed E-state index contributed by atoms with van der Waals surface area (Å²) in [6, 6.07) is 9.72. The minimum atomic E-state index is -0.684. The lowest BCUT2D eigenvalue weighted by atomic mass is 10.1. The van der Waals surface area contributed by atoms with Gasteiger partial charge in [0.15, 0.2) is 0 Å². The first-order valence-corrected chi connectivity index (χ1v) is 7.04. The highest BCUT2D eigenvalue weighted by Crippen LogP contribution is 2.20. The standard InChI is InChI=1S/C15H12F2INO/c1-9-4-2-3-5-10(9)6-14(20)19-11-7-12(16)15(18)13(17)8-11/h2-5,7-8H,6H2,1H3,(H,19,20). The summed E-state index contributed by atoms with van der Waals surface area (Å²) in [4.78, 5) is 11.9. The SMILES string of the molecule is Cc1ccccc1CC(=O)Nc1cc(F)c(I)c(F)c1. The molecule has 0 aliphatic rings. The average molecular weight is 387 g/mol. The molecule has 0 unspecified atom stereocenters. The second-order valence-corrected chi connectivity index (χ2v) is 5.48. The molecule has 2 aromatic carbocycles. The zero-order valence-corrected chi connectivity index (χ0v) is 12.9. The molecule has 0 fully saturated rings. The van der Waals surface area contributed by atoms with Gasteiger partial charge >= 0.3 is 0 Å². The van der Waals surface area contributed by atoms with Gasteiger partial charge < -0.3 is 5.32 Å². The molecule has 0 atom stereocenters. The van der Waals surface area contributed by atoms with E-state index in [1.165, 1.54) is 0 Å². The first-order chi connectivity index (χ1) is 9.47. The number of benzene rings is 2. The summed E-state index contributed by atoms with van der Waals surface area (Å²) < 4.78 is 26.7. The van der Waals surface area contributed by atoms with Crippen molar-refractivity contribution < 1.29 is 13.6 Å². The van der Waals surface area contributed by atoms with Crippen molar-refractivity contribution in [3.63, 3.8) is 0 Å². The van der Waals surface area contributed by atoms with E-state index in [1.807, 2.05) is 31.2 Å². The van der Waals surface area contributed by atoms with Crippen molar-refractivity contribution in [3.05, 3.63) is 62.7 Å². The Morgan fingerprint density at radius 2 is 1.80 bits per heavy atom. The van der Waals surface area contributed by atoms with E-state index in [1.54, 1.807) is 22.6 Å². The molecule has 5 heteroatoms. The second-order valence-electron chi connectivity index (χ2n) is 4.41. The molecule has 0 radical (unpaired) electrons. The molecule has 1 amide bonds. The number of anilines is 1. The van der Waals surface area contributed by atoms with Gasteiger partial charge in [0, 0.05) is 5.69 Å². The number of carbonyl (C=O) groups is 1. The van der Waals surface area contributed by atoms with Crippen molar-refractivity contribution in [2.24, 2.45) is 0 Å². The topological polar surface area (TPSA) is 29.1 Å². The van der Waals surface area contributed by atoms with E-state index in [0.29, 0.717) is 0 Å². The molecule has 0 bridgehead atoms. The lowest BCUT2D eigenvalue weighted by molar-refractivity contribution is -0.115. The number of amides is 1. The smallest absolute Gasteiger partial charge is 0.228 e. The van der Waals surface area contributed by atoms with E-state index in [9.17, 15) is 13.6 Å². The third kappa shape index (κ3) is 3.53. The van der Waals surface area contributed by atoms with E-state index < -0.39 is 11.6 Å². The lowest BCUT2D eigenvalue weighted by Crippen LogP contribution is -2.15. The summed E-state index contributed by atoms with van der Waals surface area (Å²) >= 11 is 1.58. The molecule has 0 aliphatic heterocycles. The molecule has 2 nitrogen and oxygen atoms in total. The number of nitrogens with one attached hydrogen (secondary N) is 1. The number of halogens is 3. The number of aryl methyl sites for hydroxylation is 1. The predicted octanol–water partition coefficient (Wildman–Crippen LogP) is 4.06. The van der Waals surface area contributed by atoms with Crippen LogP contribution in [0.2, 0.25) is 0 Å². The van der Waals surface area contributed by atoms with Crippen LogP contribution in [0.15, 0.2) is 36.4 Å². The molecule has 0 saturated carbocycles. The molecule has 20 heavy (non-hydrogen) atoms. The van der Waals surface area contributed by atoms with E-state index in [0.717, 1.165) is 23.3 Å². The monoisotopic (exact) mass is 387 g/mol. The maximum absolute atomic E-state index is 13.4. The minimum absolute atomic E-state index is 0.0838. The van der Waals surface area contributed by atoms with E-state index in [4.69, 9.17) is 0 Å². The molecule has 104 valence electrons. The normalized spacial score (nSPS) is 10.4. The van der Waals surface area contributed by atoms with Gasteiger partial charge in [-0.25, -0.2) is 8.78 Å². The summed E-state index contributed by atoms with van der Waals surface area (Å²) in [6.07, 6.45) is 0.169. The van der Waals surface area contributed by atoms with Gasteiger partial charge in [-0.15, -0.1) is 0 Å². The summed E-state index contributed by atoms with van der Waals surface area (Å²) in [6.45, 7) is 1.91. The molecule has 0 spiro atoms. The fourth-order valence-electron chi connectivity index (χ4n) is 1.81. The third-order valence-corrected chi connectivity index (χ3v) is 3.91. The second kappa shape index (κ2) is 6.30. The van der Waals surface area contributed by atoms with Crippen LogP contribution in [0, 0.1) is 22.1 Å². The van der Waals surface area contributed by atoms with Crippen LogP contribution in [0.5, 0.6) is 0 Å². The molecule has 0 aliphatic carbocycles. The van der Waals surface area contributed by atoms with Crippen molar-refractivity contribution >= 4 is 34.2 Å². The summed E-state index contributed by atoms with van der Waals surface area (Å²) in [7, 11) is 0. The molecular formula is C15H12F2INO. The highest BCUT2D eigenvalue weighted by molar-refractivity contribution is 14.1. The molecule has 1 N–H and O–H groups in total. The van der Waals surface area contributed by atoms with Crippen molar-refractivity contribution in [3.8, 4) is 0 Å². The van der Waals surface area contributed by atoms with Gasteiger partial charge in [0.2, 0.25) is 5.91 Å². The Hall–Kier alpha value is -1.50. The predicted molar refractivity (Wildman–Crippen MR) is 82.6 cm³/mol. The van der Waals surface area contributed by atoms with Crippen molar-refractivity contribution in [2.45, 2.75) is 13.3 Å². The Kier molecular flexibility index (Phi) is 4.69. The Labute approximate surface area is 129 Å². The molecular weight excluding hydrogens is 375 g/mol. The van der Waals surface area contributed by atoms with Crippen LogP contribution in [-0.4, -0.2) is 5.91 Å². The minimum Gasteiger partial charge on any atom is -0.326 e. The molecule has 0 saturated heterocycles. The van der Waals surface area contributed by atoms with Crippen LogP contribution in [0.1, 0.15) is 11.1 Å². The first-order valence-electron chi connectivity index (χ1n) is 5.96. The highest BCUT2D eigenvalue weighted by Gasteiger charge is 2.11. The first kappa shape index (κ1) is 14.9. The van der Waals surface area contributed by atoms with E-state index >= 15 is 0 Å². The Bertz CT molecular complexity index is 635. The molecule has 2 rings (SSSR count). The van der Waals surface area contributed by atoms with Crippen LogP contribution in [0.4, 0.5) is 14.5 Å². The molecule has 0 aromatic heterocycles. The number of carbonyl (C=O) groups excluding carboxylic acids is 1. The van der Waals surface area contributed by atoms with Crippen molar-refractivity contribution in [1.82, 2.24) is 0 Å². The van der Waals surface area contributed by atoms with Gasteiger partial charge in [0.25, 0.3) is 0 Å². The van der Waals surface area contributed by atoms with Gasteiger partial charge in [-0.3, -0.25) is 4.79 Å². The Morgan fingerprint density at radius 3 is 2.40 bits per heavy atom. The third-order valence-electron chi connectivity index (χ3n) is 2.88. The van der Waals surface area contributed by atoms with Crippen LogP contribution in [-0.2, 0) is 11.2 Å². The van der Waals surface area contributed by atoms with Gasteiger partial charge in [-0.05, 0) is 52.8 Å². The fraction of sp³-hybridized carbons (Fsp3) is 0.133. The average Bonchev–Trinajstić information content (AvgIpc) is 2.38. The van der Waals surface area contributed by atoms with Crippen LogP contribution >= 0.6 is 22.6 Å². The maximum Gasteiger partial charge on any atom is 0.228 e. The van der Waals surface area contributed by atoms with E-state index in [2.05, 4.69) is 5.32 Å². The quantitative estimate of drug-likeness (QED) is 0.625. The highest BCUT2D eigenvalue weighted by atomic mass is 127. The Morgan fingerprint density at radius 1 is 1.20 bits per heavy atom.